The van der Waals surface area contributed by atoms with Crippen LogP contribution >= 0.6 is 19.6 Å². The first-order valence-corrected chi connectivity index (χ1v) is 10.0. The van der Waals surface area contributed by atoms with Crippen molar-refractivity contribution in [3.63, 3.8) is 0 Å². The molecule has 0 fully saturated rings. The van der Waals surface area contributed by atoms with Gasteiger partial charge in [0.05, 0.1) is 22.1 Å². The standard InChI is InChI=1S/C18H16ClF3N2O4P/c1-3-9-23(29(27)4-2)16-11-13(6-7-15(16)24(25)26)28-17-8-5-12(10-14(17)19)18(20,21)22/h3,5-8,10-11H,1,4,9H2,2H3/q+1. The van der Waals surface area contributed by atoms with Crippen LogP contribution in [0.25, 0.3) is 0 Å². The molecule has 0 heterocycles. The van der Waals surface area contributed by atoms with Crippen LogP contribution in [0.5, 0.6) is 11.5 Å². The molecule has 11 heteroatoms. The zero-order valence-corrected chi connectivity index (χ0v) is 16.8. The molecule has 0 saturated carbocycles. The van der Waals surface area contributed by atoms with Crippen molar-refractivity contribution >= 4 is 30.9 Å². The van der Waals surface area contributed by atoms with Crippen molar-refractivity contribution in [3.05, 3.63) is 69.8 Å². The molecule has 2 rings (SSSR count). The lowest BCUT2D eigenvalue weighted by Crippen LogP contribution is -2.16. The molecule has 0 saturated heterocycles. The van der Waals surface area contributed by atoms with Crippen molar-refractivity contribution in [1.82, 2.24) is 0 Å². The zero-order chi connectivity index (χ0) is 21.8. The summed E-state index contributed by atoms with van der Waals surface area (Å²) in [5.74, 6) is 0.0236. The molecule has 0 bridgehead atoms. The number of benzene rings is 2. The molecule has 0 aliphatic rings. The molecule has 0 aliphatic heterocycles. The first-order valence-electron chi connectivity index (χ1n) is 8.24. The number of hydrogen-bond acceptors (Lipinski definition) is 4. The smallest absolute Gasteiger partial charge is 0.456 e. The van der Waals surface area contributed by atoms with Crippen LogP contribution in [0.3, 0.4) is 0 Å². The van der Waals surface area contributed by atoms with Crippen LogP contribution in [-0.2, 0) is 10.7 Å². The van der Waals surface area contributed by atoms with Gasteiger partial charge in [0.2, 0.25) is 0 Å². The predicted octanol–water partition coefficient (Wildman–Crippen LogP) is 6.81. The monoisotopic (exact) mass is 447 g/mol. The predicted molar refractivity (Wildman–Crippen MR) is 105 cm³/mol. The number of halogens is 4. The van der Waals surface area contributed by atoms with E-state index in [1.54, 1.807) is 6.92 Å². The summed E-state index contributed by atoms with van der Waals surface area (Å²) in [5.41, 5.74) is -1.19. The van der Waals surface area contributed by atoms with E-state index in [1.807, 2.05) is 0 Å². The highest BCUT2D eigenvalue weighted by atomic mass is 35.5. The van der Waals surface area contributed by atoms with Gasteiger partial charge in [0.25, 0.3) is 5.69 Å². The molecule has 0 radical (unpaired) electrons. The molecule has 154 valence electrons. The number of nitro groups is 1. The summed E-state index contributed by atoms with van der Waals surface area (Å²) in [7, 11) is -1.96. The number of ether oxygens (including phenoxy) is 1. The average molecular weight is 448 g/mol. The van der Waals surface area contributed by atoms with Gasteiger partial charge in [0.1, 0.15) is 11.5 Å². The number of rotatable bonds is 8. The number of nitro benzene ring substituents is 1. The van der Waals surface area contributed by atoms with Gasteiger partial charge < -0.3 is 4.74 Å². The van der Waals surface area contributed by atoms with E-state index in [2.05, 4.69) is 6.58 Å². The van der Waals surface area contributed by atoms with Gasteiger partial charge in [-0.3, -0.25) is 10.1 Å². The number of anilines is 1. The van der Waals surface area contributed by atoms with E-state index in [1.165, 1.54) is 22.9 Å². The molecular weight excluding hydrogens is 432 g/mol. The number of hydrogen-bond donors (Lipinski definition) is 0. The van der Waals surface area contributed by atoms with Gasteiger partial charge in [-0.15, -0.1) is 6.58 Å². The summed E-state index contributed by atoms with van der Waals surface area (Å²) >= 11 is 5.89. The van der Waals surface area contributed by atoms with E-state index in [0.717, 1.165) is 24.3 Å². The Kier molecular flexibility index (Phi) is 7.21. The SMILES string of the molecule is C=CCN(c1cc(Oc2ccc(C(F)(F)F)cc2Cl)ccc1[N+](=O)[O-])[P+](=O)CC. The fourth-order valence-corrected chi connectivity index (χ4v) is 3.68. The Morgan fingerprint density at radius 2 is 2.00 bits per heavy atom. The molecule has 29 heavy (non-hydrogen) atoms. The van der Waals surface area contributed by atoms with Gasteiger partial charge in [-0.1, -0.05) is 17.7 Å². The van der Waals surface area contributed by atoms with Crippen molar-refractivity contribution in [3.8, 4) is 11.5 Å². The minimum Gasteiger partial charge on any atom is -0.456 e. The van der Waals surface area contributed by atoms with Crippen molar-refractivity contribution < 1.29 is 27.4 Å². The topological polar surface area (TPSA) is 72.7 Å². The van der Waals surface area contributed by atoms with Crippen molar-refractivity contribution in [2.45, 2.75) is 13.1 Å². The Labute approximate surface area is 170 Å². The van der Waals surface area contributed by atoms with Crippen LogP contribution in [0, 0.1) is 10.1 Å². The lowest BCUT2D eigenvalue weighted by molar-refractivity contribution is -0.384. The molecule has 6 nitrogen and oxygen atoms in total. The highest BCUT2D eigenvalue weighted by Gasteiger charge is 2.33. The minimum atomic E-state index is -4.56. The minimum absolute atomic E-state index is 0.0402. The Bertz CT molecular complexity index is 953. The summed E-state index contributed by atoms with van der Waals surface area (Å²) < 4.78 is 57.5. The van der Waals surface area contributed by atoms with Crippen molar-refractivity contribution in [2.75, 3.05) is 17.4 Å². The van der Waals surface area contributed by atoms with E-state index in [0.29, 0.717) is 0 Å². The Morgan fingerprint density at radius 3 is 2.52 bits per heavy atom. The van der Waals surface area contributed by atoms with E-state index >= 15 is 0 Å². The van der Waals surface area contributed by atoms with Crippen LogP contribution in [0.15, 0.2) is 49.1 Å². The van der Waals surface area contributed by atoms with Gasteiger partial charge in [-0.05, 0) is 35.8 Å². The van der Waals surface area contributed by atoms with Crippen LogP contribution in [0.4, 0.5) is 24.5 Å². The Hall–Kier alpha value is -2.64. The molecule has 2 aromatic carbocycles. The average Bonchev–Trinajstić information content (AvgIpc) is 2.66. The molecule has 1 unspecified atom stereocenters. The second kappa shape index (κ2) is 9.24. The summed E-state index contributed by atoms with van der Waals surface area (Å²) in [6.07, 6.45) is -2.86. The van der Waals surface area contributed by atoms with Crippen LogP contribution in [0.2, 0.25) is 5.02 Å². The Morgan fingerprint density at radius 1 is 1.31 bits per heavy atom. The molecule has 0 amide bonds. The van der Waals surface area contributed by atoms with Crippen LogP contribution in [-0.4, -0.2) is 17.6 Å². The summed E-state index contributed by atoms with van der Waals surface area (Å²) in [5, 5.41) is 11.1. The first kappa shape index (κ1) is 22.6. The molecule has 0 spiro atoms. The van der Waals surface area contributed by atoms with E-state index in [4.69, 9.17) is 16.3 Å². The summed E-state index contributed by atoms with van der Waals surface area (Å²) in [6.45, 7) is 5.33. The third-order valence-electron chi connectivity index (χ3n) is 3.75. The fraction of sp³-hybridized carbons (Fsp3) is 0.222. The van der Waals surface area contributed by atoms with Crippen LogP contribution < -0.4 is 9.41 Å². The van der Waals surface area contributed by atoms with Gasteiger partial charge in [-0.2, -0.15) is 17.8 Å². The Balaban J connectivity index is 2.46. The molecule has 2 aromatic rings. The van der Waals surface area contributed by atoms with Crippen LogP contribution in [0.1, 0.15) is 12.5 Å². The second-order valence-corrected chi connectivity index (χ2v) is 7.92. The highest BCUT2D eigenvalue weighted by molar-refractivity contribution is 7.46. The molecule has 1 atom stereocenters. The quantitative estimate of drug-likeness (QED) is 0.192. The van der Waals surface area contributed by atoms with E-state index in [-0.39, 0.29) is 40.6 Å². The zero-order valence-electron chi connectivity index (χ0n) is 15.1. The number of nitrogens with zero attached hydrogens (tertiary/aromatic N) is 2. The third-order valence-corrected chi connectivity index (χ3v) is 5.50. The normalized spacial score (nSPS) is 11.7. The van der Waals surface area contributed by atoms with E-state index < -0.39 is 24.6 Å². The van der Waals surface area contributed by atoms with Gasteiger partial charge >= 0.3 is 14.1 Å². The van der Waals surface area contributed by atoms with Gasteiger partial charge in [-0.25, -0.2) is 0 Å². The maximum atomic E-state index is 12.8. The lowest BCUT2D eigenvalue weighted by atomic mass is 10.2. The maximum absolute atomic E-state index is 12.8. The highest BCUT2D eigenvalue weighted by Crippen LogP contribution is 2.42. The fourth-order valence-electron chi connectivity index (χ4n) is 2.42. The van der Waals surface area contributed by atoms with Crippen molar-refractivity contribution in [1.29, 1.82) is 0 Å². The largest absolute Gasteiger partial charge is 0.462 e. The summed E-state index contributed by atoms with van der Waals surface area (Å²) in [6, 6.07) is 6.32. The van der Waals surface area contributed by atoms with E-state index in [9.17, 15) is 27.9 Å². The third kappa shape index (κ3) is 5.46. The van der Waals surface area contributed by atoms with Crippen molar-refractivity contribution in [2.24, 2.45) is 0 Å². The molecular formula is C18H16ClF3N2O4P+. The number of alkyl halides is 3. The summed E-state index contributed by atoms with van der Waals surface area (Å²) in [4.78, 5) is 10.8. The molecule has 0 aromatic heterocycles. The van der Waals surface area contributed by atoms with Gasteiger partial charge in [0, 0.05) is 12.1 Å². The van der Waals surface area contributed by atoms with Gasteiger partial charge in [0.15, 0.2) is 11.8 Å². The molecule has 0 N–H and O–H groups in total. The lowest BCUT2D eigenvalue weighted by Gasteiger charge is -2.14. The first-order chi connectivity index (χ1) is 13.6. The molecule has 0 aliphatic carbocycles. The maximum Gasteiger partial charge on any atom is 0.462 e. The second-order valence-electron chi connectivity index (χ2n) is 5.69.